The van der Waals surface area contributed by atoms with E-state index in [2.05, 4.69) is 0 Å². The molecule has 0 spiro atoms. The van der Waals surface area contributed by atoms with Crippen LogP contribution in [-0.4, -0.2) is 40.5 Å². The van der Waals surface area contributed by atoms with Crippen molar-refractivity contribution in [1.82, 2.24) is 4.90 Å². The Balaban J connectivity index is 2.72. The predicted molar refractivity (Wildman–Crippen MR) is 50.6 cm³/mol. The van der Waals surface area contributed by atoms with E-state index >= 15 is 0 Å². The van der Waals surface area contributed by atoms with Gasteiger partial charge in [0.25, 0.3) is 0 Å². The van der Waals surface area contributed by atoms with Gasteiger partial charge in [0, 0.05) is 0 Å². The number of nitrogens with two attached hydrogens (primary N) is 1. The minimum Gasteiger partial charge on any atom is -0.480 e. The first-order valence-electron chi connectivity index (χ1n) is 4.82. The molecular weight excluding hydrogens is 184 g/mol. The van der Waals surface area contributed by atoms with Crippen LogP contribution >= 0.6 is 0 Å². The van der Waals surface area contributed by atoms with Crippen molar-refractivity contribution in [2.45, 2.75) is 38.3 Å². The van der Waals surface area contributed by atoms with Gasteiger partial charge >= 0.3 is 5.97 Å². The fourth-order valence-electron chi connectivity index (χ4n) is 1.85. The van der Waals surface area contributed by atoms with Crippen molar-refractivity contribution in [3.05, 3.63) is 0 Å². The molecule has 1 aliphatic heterocycles. The summed E-state index contributed by atoms with van der Waals surface area (Å²) < 4.78 is 0. The molecule has 1 saturated heterocycles. The molecule has 2 atom stereocenters. The van der Waals surface area contributed by atoms with Crippen LogP contribution in [0.1, 0.15) is 26.2 Å². The van der Waals surface area contributed by atoms with Gasteiger partial charge in [-0.15, -0.1) is 0 Å². The molecule has 0 aliphatic carbocycles. The first kappa shape index (κ1) is 11.0. The molecule has 0 aromatic carbocycles. The van der Waals surface area contributed by atoms with Crippen molar-refractivity contribution in [3.63, 3.8) is 0 Å². The number of nitrogens with zero attached hydrogens (tertiary/aromatic N) is 1. The Hall–Kier alpha value is -1.10. The Morgan fingerprint density at radius 3 is 2.64 bits per heavy atom. The van der Waals surface area contributed by atoms with E-state index in [9.17, 15) is 9.59 Å². The summed E-state index contributed by atoms with van der Waals surface area (Å²) in [4.78, 5) is 23.5. The molecule has 80 valence electrons. The third-order valence-electron chi connectivity index (χ3n) is 2.74. The third-order valence-corrected chi connectivity index (χ3v) is 2.74. The molecule has 0 aromatic heterocycles. The van der Waals surface area contributed by atoms with Gasteiger partial charge in [0.05, 0.1) is 6.04 Å². The van der Waals surface area contributed by atoms with Crippen LogP contribution in [0.4, 0.5) is 0 Å². The molecule has 0 aromatic rings. The molecule has 1 heterocycles. The number of primary amides is 1. The molecule has 1 fully saturated rings. The Morgan fingerprint density at radius 1 is 1.50 bits per heavy atom. The van der Waals surface area contributed by atoms with Crippen LogP contribution < -0.4 is 5.73 Å². The van der Waals surface area contributed by atoms with Gasteiger partial charge in [-0.2, -0.15) is 0 Å². The third kappa shape index (κ3) is 2.23. The molecule has 5 heteroatoms. The normalized spacial score (nSPS) is 25.6. The van der Waals surface area contributed by atoms with Crippen LogP contribution in [0.5, 0.6) is 0 Å². The maximum absolute atomic E-state index is 11.0. The minimum atomic E-state index is -0.863. The number of aliphatic carboxylic acids is 1. The van der Waals surface area contributed by atoms with E-state index in [0.29, 0.717) is 13.0 Å². The van der Waals surface area contributed by atoms with Crippen LogP contribution in [-0.2, 0) is 9.59 Å². The number of carbonyl (C=O) groups is 2. The fourth-order valence-corrected chi connectivity index (χ4v) is 1.85. The number of carboxylic acids is 1. The SMILES string of the molecule is CC(C(N)=O)N1CCCCC1C(=O)O. The molecule has 2 unspecified atom stereocenters. The highest BCUT2D eigenvalue weighted by Crippen LogP contribution is 2.19. The van der Waals surface area contributed by atoms with Crippen LogP contribution in [0.25, 0.3) is 0 Å². The molecule has 0 saturated carbocycles. The van der Waals surface area contributed by atoms with Gasteiger partial charge in [-0.1, -0.05) is 6.42 Å². The Labute approximate surface area is 82.9 Å². The summed E-state index contributed by atoms with van der Waals surface area (Å²) in [6.45, 7) is 2.30. The summed E-state index contributed by atoms with van der Waals surface area (Å²) in [5, 5.41) is 8.95. The fraction of sp³-hybridized carbons (Fsp3) is 0.778. The van der Waals surface area contributed by atoms with Crippen LogP contribution in [0.15, 0.2) is 0 Å². The molecule has 1 rings (SSSR count). The lowest BCUT2D eigenvalue weighted by Gasteiger charge is -2.35. The van der Waals surface area contributed by atoms with Crippen molar-refractivity contribution >= 4 is 11.9 Å². The van der Waals surface area contributed by atoms with Crippen molar-refractivity contribution < 1.29 is 14.7 Å². The van der Waals surface area contributed by atoms with Crippen molar-refractivity contribution in [3.8, 4) is 0 Å². The molecule has 1 amide bonds. The topological polar surface area (TPSA) is 83.6 Å². The maximum atomic E-state index is 11.0. The number of piperidine rings is 1. The monoisotopic (exact) mass is 200 g/mol. The second kappa shape index (κ2) is 4.41. The summed E-state index contributed by atoms with van der Waals surface area (Å²) in [5.41, 5.74) is 5.16. The van der Waals surface area contributed by atoms with Gasteiger partial charge in [0.2, 0.25) is 5.91 Å². The maximum Gasteiger partial charge on any atom is 0.320 e. The van der Waals surface area contributed by atoms with Gasteiger partial charge in [0.15, 0.2) is 0 Å². The van der Waals surface area contributed by atoms with E-state index in [4.69, 9.17) is 10.8 Å². The van der Waals surface area contributed by atoms with E-state index in [1.807, 2.05) is 0 Å². The van der Waals surface area contributed by atoms with Gasteiger partial charge in [-0.3, -0.25) is 14.5 Å². The van der Waals surface area contributed by atoms with Crippen molar-refractivity contribution in [1.29, 1.82) is 0 Å². The van der Waals surface area contributed by atoms with Gasteiger partial charge in [-0.25, -0.2) is 0 Å². The number of carboxylic acid groups (broad SMARTS) is 1. The number of amides is 1. The van der Waals surface area contributed by atoms with Crippen LogP contribution in [0.2, 0.25) is 0 Å². The Morgan fingerprint density at radius 2 is 2.14 bits per heavy atom. The largest absolute Gasteiger partial charge is 0.480 e. The number of hydrogen-bond acceptors (Lipinski definition) is 3. The zero-order valence-electron chi connectivity index (χ0n) is 8.27. The second-order valence-electron chi connectivity index (χ2n) is 3.67. The van der Waals surface area contributed by atoms with E-state index in [1.165, 1.54) is 0 Å². The zero-order valence-corrected chi connectivity index (χ0v) is 8.27. The highest BCUT2D eigenvalue weighted by atomic mass is 16.4. The summed E-state index contributed by atoms with van der Waals surface area (Å²) in [5.74, 6) is -1.32. The quantitative estimate of drug-likeness (QED) is 0.660. The molecule has 3 N–H and O–H groups in total. The van der Waals surface area contributed by atoms with Crippen LogP contribution in [0.3, 0.4) is 0 Å². The first-order chi connectivity index (χ1) is 6.54. The van der Waals surface area contributed by atoms with Crippen LogP contribution in [0, 0.1) is 0 Å². The second-order valence-corrected chi connectivity index (χ2v) is 3.67. The van der Waals surface area contributed by atoms with E-state index in [0.717, 1.165) is 12.8 Å². The van der Waals surface area contributed by atoms with Crippen molar-refractivity contribution in [2.75, 3.05) is 6.54 Å². The highest BCUT2D eigenvalue weighted by molar-refractivity contribution is 5.81. The van der Waals surface area contributed by atoms with Gasteiger partial charge in [-0.05, 0) is 26.3 Å². The zero-order chi connectivity index (χ0) is 10.7. The Kier molecular flexibility index (Phi) is 3.46. The number of rotatable bonds is 3. The minimum absolute atomic E-state index is 0.460. The lowest BCUT2D eigenvalue weighted by atomic mass is 10.00. The lowest BCUT2D eigenvalue weighted by Crippen LogP contribution is -2.53. The summed E-state index contributed by atoms with van der Waals surface area (Å²) in [7, 11) is 0. The number of carbonyl (C=O) groups excluding carboxylic acids is 1. The lowest BCUT2D eigenvalue weighted by molar-refractivity contribution is -0.146. The molecule has 0 radical (unpaired) electrons. The molecule has 1 aliphatic rings. The summed E-state index contributed by atoms with van der Waals surface area (Å²) in [6, 6.07) is -1.04. The smallest absolute Gasteiger partial charge is 0.320 e. The molecule has 5 nitrogen and oxygen atoms in total. The number of likely N-dealkylation sites (tertiary alicyclic amines) is 1. The molecule has 0 bridgehead atoms. The summed E-state index contributed by atoms with van der Waals surface area (Å²) in [6.07, 6.45) is 2.44. The highest BCUT2D eigenvalue weighted by Gasteiger charge is 2.33. The van der Waals surface area contributed by atoms with E-state index < -0.39 is 24.0 Å². The first-order valence-corrected chi connectivity index (χ1v) is 4.82. The summed E-state index contributed by atoms with van der Waals surface area (Å²) >= 11 is 0. The molecule has 14 heavy (non-hydrogen) atoms. The predicted octanol–water partition coefficient (Wildman–Crippen LogP) is -0.201. The number of hydrogen-bond donors (Lipinski definition) is 2. The average Bonchev–Trinajstić information content (AvgIpc) is 2.16. The van der Waals surface area contributed by atoms with Gasteiger partial charge in [0.1, 0.15) is 6.04 Å². The van der Waals surface area contributed by atoms with Gasteiger partial charge < -0.3 is 10.8 Å². The van der Waals surface area contributed by atoms with Crippen molar-refractivity contribution in [2.24, 2.45) is 5.73 Å². The molecular formula is C9H16N2O3. The average molecular weight is 200 g/mol. The van der Waals surface area contributed by atoms with E-state index in [-0.39, 0.29) is 0 Å². The van der Waals surface area contributed by atoms with E-state index in [1.54, 1.807) is 11.8 Å². The standard InChI is InChI=1S/C9H16N2O3/c1-6(8(10)12)11-5-3-2-4-7(11)9(13)14/h6-7H,2-5H2,1H3,(H2,10,12)(H,13,14). The Bertz CT molecular complexity index is 242.